The minimum absolute atomic E-state index is 0.0311. The van der Waals surface area contributed by atoms with Crippen molar-refractivity contribution in [2.45, 2.75) is 83.2 Å². The molecule has 3 aromatic carbocycles. The Morgan fingerprint density at radius 3 is 2.16 bits per heavy atom. The van der Waals surface area contributed by atoms with Crippen LogP contribution in [-0.2, 0) is 29.4 Å². The molecule has 0 heterocycles. The lowest BCUT2D eigenvalue weighted by atomic mass is 10.00. The van der Waals surface area contributed by atoms with Crippen molar-refractivity contribution in [2.75, 3.05) is 11.3 Å². The van der Waals surface area contributed by atoms with Crippen LogP contribution in [0.1, 0.15) is 73.5 Å². The standard InChI is InChI=1S/C33H43F2N3O4S/c1-4-9-30(10-5-2)43(41,42)38-29-14-8-13-26(19-29)33(40)37-31(18-25-16-27(34)20-28(35)17-25)32(39)22-36-21-24-12-7-11-23(6-3)15-24/h7-8,11-17,19-20,30-32,36,38-39H,4-6,9-10,18,21-22H2,1-3H3,(H,37,40). The van der Waals surface area contributed by atoms with Gasteiger partial charge in [0.05, 0.1) is 17.4 Å². The predicted octanol–water partition coefficient (Wildman–Crippen LogP) is 5.73. The van der Waals surface area contributed by atoms with Crippen molar-refractivity contribution in [3.8, 4) is 0 Å². The topological polar surface area (TPSA) is 108 Å². The van der Waals surface area contributed by atoms with Gasteiger partial charge in [-0.3, -0.25) is 9.52 Å². The molecule has 1 amide bonds. The van der Waals surface area contributed by atoms with Gasteiger partial charge in [-0.05, 0) is 72.7 Å². The monoisotopic (exact) mass is 615 g/mol. The van der Waals surface area contributed by atoms with Gasteiger partial charge in [-0.25, -0.2) is 17.2 Å². The third-order valence-corrected chi connectivity index (χ3v) is 9.16. The van der Waals surface area contributed by atoms with E-state index in [0.717, 1.165) is 43.0 Å². The fourth-order valence-corrected chi connectivity index (χ4v) is 6.77. The first-order chi connectivity index (χ1) is 20.5. The fourth-order valence-electron chi connectivity index (χ4n) is 5.05. The molecule has 0 fully saturated rings. The lowest BCUT2D eigenvalue weighted by Gasteiger charge is -2.25. The molecule has 0 spiro atoms. The Balaban J connectivity index is 1.76. The Bertz CT molecular complexity index is 1430. The largest absolute Gasteiger partial charge is 0.390 e. The Morgan fingerprint density at radius 2 is 1.51 bits per heavy atom. The molecule has 0 aliphatic carbocycles. The Hall–Kier alpha value is -3.34. The number of sulfonamides is 1. The zero-order valence-electron chi connectivity index (χ0n) is 25.1. The SMILES string of the molecule is CCCC(CCC)S(=O)(=O)Nc1cccc(C(=O)NC(Cc2cc(F)cc(F)c2)C(O)CNCc2cccc(CC)c2)c1. The summed E-state index contributed by atoms with van der Waals surface area (Å²) in [6.07, 6.45) is 2.28. The van der Waals surface area contributed by atoms with E-state index in [2.05, 4.69) is 28.3 Å². The second kappa shape index (κ2) is 16.5. The van der Waals surface area contributed by atoms with Gasteiger partial charge in [0.25, 0.3) is 5.91 Å². The molecule has 2 atom stereocenters. The lowest BCUT2D eigenvalue weighted by Crippen LogP contribution is -2.48. The van der Waals surface area contributed by atoms with Gasteiger partial charge in [0.15, 0.2) is 0 Å². The summed E-state index contributed by atoms with van der Waals surface area (Å²) < 4.78 is 56.5. The maximum Gasteiger partial charge on any atom is 0.251 e. The van der Waals surface area contributed by atoms with E-state index in [-0.39, 0.29) is 29.8 Å². The minimum Gasteiger partial charge on any atom is -0.390 e. The lowest BCUT2D eigenvalue weighted by molar-refractivity contribution is 0.0830. The highest BCUT2D eigenvalue weighted by molar-refractivity contribution is 7.93. The van der Waals surface area contributed by atoms with Gasteiger partial charge in [0.2, 0.25) is 10.0 Å². The molecule has 4 N–H and O–H groups in total. The van der Waals surface area contributed by atoms with Gasteiger partial charge in [-0.2, -0.15) is 0 Å². The molecule has 0 radical (unpaired) electrons. The highest BCUT2D eigenvalue weighted by Crippen LogP contribution is 2.20. The number of carbonyl (C=O) groups is 1. The number of hydrogen-bond acceptors (Lipinski definition) is 5. The molecule has 0 aromatic heterocycles. The van der Waals surface area contributed by atoms with Crippen LogP contribution in [0, 0.1) is 11.6 Å². The van der Waals surface area contributed by atoms with Crippen LogP contribution >= 0.6 is 0 Å². The summed E-state index contributed by atoms with van der Waals surface area (Å²) in [6, 6.07) is 16.4. The van der Waals surface area contributed by atoms with Crippen molar-refractivity contribution in [1.82, 2.24) is 10.6 Å². The molecule has 0 saturated carbocycles. The van der Waals surface area contributed by atoms with Crippen molar-refractivity contribution in [3.63, 3.8) is 0 Å². The number of carbonyl (C=O) groups excluding carboxylic acids is 1. The number of aliphatic hydroxyl groups is 1. The number of aryl methyl sites for hydroxylation is 1. The van der Waals surface area contributed by atoms with Crippen LogP contribution in [0.15, 0.2) is 66.7 Å². The predicted molar refractivity (Wildman–Crippen MR) is 167 cm³/mol. The molecule has 3 rings (SSSR count). The molecule has 234 valence electrons. The van der Waals surface area contributed by atoms with E-state index < -0.39 is 45.0 Å². The molecular formula is C33H43F2N3O4S. The van der Waals surface area contributed by atoms with Gasteiger partial charge >= 0.3 is 0 Å². The van der Waals surface area contributed by atoms with Crippen LogP contribution in [0.5, 0.6) is 0 Å². The number of anilines is 1. The zero-order valence-corrected chi connectivity index (χ0v) is 25.9. The Morgan fingerprint density at radius 1 is 0.860 bits per heavy atom. The maximum absolute atomic E-state index is 13.9. The number of halogens is 2. The van der Waals surface area contributed by atoms with Crippen LogP contribution < -0.4 is 15.4 Å². The molecule has 7 nitrogen and oxygen atoms in total. The third-order valence-electron chi connectivity index (χ3n) is 7.29. The summed E-state index contributed by atoms with van der Waals surface area (Å²) in [5, 5.41) is 16.5. The first-order valence-electron chi connectivity index (χ1n) is 14.9. The van der Waals surface area contributed by atoms with E-state index in [9.17, 15) is 27.1 Å². The van der Waals surface area contributed by atoms with E-state index in [4.69, 9.17) is 0 Å². The average molecular weight is 616 g/mol. The summed E-state index contributed by atoms with van der Waals surface area (Å²) in [7, 11) is -3.67. The van der Waals surface area contributed by atoms with E-state index in [0.29, 0.717) is 19.4 Å². The third kappa shape index (κ3) is 10.7. The van der Waals surface area contributed by atoms with E-state index in [1.165, 1.54) is 17.7 Å². The Labute approximate surface area is 254 Å². The smallest absolute Gasteiger partial charge is 0.251 e. The number of benzene rings is 3. The average Bonchev–Trinajstić information content (AvgIpc) is 2.96. The van der Waals surface area contributed by atoms with Crippen LogP contribution in [0.2, 0.25) is 0 Å². The molecule has 0 aliphatic heterocycles. The zero-order chi connectivity index (χ0) is 31.4. The van der Waals surface area contributed by atoms with Crippen molar-refractivity contribution in [2.24, 2.45) is 0 Å². The van der Waals surface area contributed by atoms with Crippen LogP contribution in [0.3, 0.4) is 0 Å². The van der Waals surface area contributed by atoms with Gasteiger partial charge in [0, 0.05) is 30.4 Å². The Kier molecular flexibility index (Phi) is 13.1. The van der Waals surface area contributed by atoms with Crippen LogP contribution in [0.25, 0.3) is 0 Å². The molecule has 43 heavy (non-hydrogen) atoms. The van der Waals surface area contributed by atoms with Gasteiger partial charge < -0.3 is 15.7 Å². The highest BCUT2D eigenvalue weighted by Gasteiger charge is 2.25. The second-order valence-corrected chi connectivity index (χ2v) is 12.8. The van der Waals surface area contributed by atoms with Gasteiger partial charge in [0.1, 0.15) is 11.6 Å². The fraction of sp³-hybridized carbons (Fsp3) is 0.424. The van der Waals surface area contributed by atoms with Crippen molar-refractivity contribution in [3.05, 3.63) is 101 Å². The van der Waals surface area contributed by atoms with Crippen molar-refractivity contribution < 1.29 is 27.1 Å². The number of nitrogens with one attached hydrogen (secondary N) is 3. The summed E-state index contributed by atoms with van der Waals surface area (Å²) in [6.45, 7) is 6.53. The number of rotatable bonds is 17. The number of hydrogen-bond donors (Lipinski definition) is 4. The van der Waals surface area contributed by atoms with Crippen molar-refractivity contribution >= 4 is 21.6 Å². The highest BCUT2D eigenvalue weighted by atomic mass is 32.2. The quantitative estimate of drug-likeness (QED) is 0.155. The van der Waals surface area contributed by atoms with E-state index >= 15 is 0 Å². The van der Waals surface area contributed by atoms with Crippen LogP contribution in [-0.4, -0.2) is 43.4 Å². The molecule has 2 unspecified atom stereocenters. The van der Waals surface area contributed by atoms with E-state index in [1.54, 1.807) is 12.1 Å². The molecular weight excluding hydrogens is 572 g/mol. The van der Waals surface area contributed by atoms with Gasteiger partial charge in [-0.15, -0.1) is 0 Å². The maximum atomic E-state index is 13.9. The molecule has 0 aliphatic rings. The summed E-state index contributed by atoms with van der Waals surface area (Å²) in [5.41, 5.74) is 2.93. The normalized spacial score (nSPS) is 13.1. The summed E-state index contributed by atoms with van der Waals surface area (Å²) in [4.78, 5) is 13.3. The second-order valence-electron chi connectivity index (χ2n) is 10.9. The first kappa shape index (κ1) is 34.2. The van der Waals surface area contributed by atoms with Crippen LogP contribution in [0.4, 0.5) is 14.5 Å². The number of aliphatic hydroxyl groups excluding tert-OH is 1. The molecule has 10 heteroatoms. The summed E-state index contributed by atoms with van der Waals surface area (Å²) in [5.74, 6) is -2.07. The minimum atomic E-state index is -3.67. The number of amides is 1. The molecule has 0 bridgehead atoms. The summed E-state index contributed by atoms with van der Waals surface area (Å²) >= 11 is 0. The van der Waals surface area contributed by atoms with Crippen molar-refractivity contribution in [1.29, 1.82) is 0 Å². The molecule has 0 saturated heterocycles. The first-order valence-corrected chi connectivity index (χ1v) is 16.4. The van der Waals surface area contributed by atoms with Gasteiger partial charge in [-0.1, -0.05) is 63.9 Å². The van der Waals surface area contributed by atoms with E-state index in [1.807, 2.05) is 32.0 Å². The molecule has 3 aromatic rings.